The number of nitrogens with zero attached hydrogens (tertiary/aromatic N) is 4. The number of benzene rings is 1. The molecule has 1 aromatic heterocycles. The average Bonchev–Trinajstić information content (AvgIpc) is 3.22. The van der Waals surface area contributed by atoms with Crippen LogP contribution in [0.5, 0.6) is 0 Å². The first-order valence-electron chi connectivity index (χ1n) is 13.5. The zero-order valence-electron chi connectivity index (χ0n) is 22.5. The lowest BCUT2D eigenvalue weighted by Gasteiger charge is -2.39. The summed E-state index contributed by atoms with van der Waals surface area (Å²) in [6.07, 6.45) is 4.39. The zero-order valence-corrected chi connectivity index (χ0v) is 22.5. The van der Waals surface area contributed by atoms with Gasteiger partial charge in [-0.3, -0.25) is 4.79 Å². The first-order chi connectivity index (χ1) is 17.8. The van der Waals surface area contributed by atoms with Gasteiger partial charge in [0.2, 0.25) is 5.91 Å². The van der Waals surface area contributed by atoms with E-state index in [0.717, 1.165) is 68.0 Å². The van der Waals surface area contributed by atoms with Crippen LogP contribution in [0.1, 0.15) is 80.8 Å². The van der Waals surface area contributed by atoms with Crippen LogP contribution in [0.3, 0.4) is 0 Å². The van der Waals surface area contributed by atoms with E-state index in [1.807, 2.05) is 13.0 Å². The molecule has 0 saturated carbocycles. The quantitative estimate of drug-likeness (QED) is 0.561. The third-order valence-electron chi connectivity index (χ3n) is 7.79. The van der Waals surface area contributed by atoms with E-state index in [0.29, 0.717) is 25.6 Å². The van der Waals surface area contributed by atoms with E-state index in [1.165, 1.54) is 19.2 Å². The maximum atomic E-state index is 14.0. The summed E-state index contributed by atoms with van der Waals surface area (Å²) in [4.78, 5) is 33.6. The summed E-state index contributed by atoms with van der Waals surface area (Å²) in [5, 5.41) is 3.14. The molecule has 2 aliphatic heterocycles. The van der Waals surface area contributed by atoms with Crippen LogP contribution in [0.2, 0.25) is 0 Å². The third kappa shape index (κ3) is 6.32. The number of ether oxygens (including phenoxy) is 1. The molecule has 1 aromatic carbocycles. The number of aromatic nitrogens is 2. The molecule has 2 amide bonds. The maximum Gasteiger partial charge on any atom is 0.409 e. The second kappa shape index (κ2) is 12.1. The van der Waals surface area contributed by atoms with E-state index in [9.17, 15) is 14.0 Å². The molecule has 2 aliphatic rings. The van der Waals surface area contributed by atoms with Gasteiger partial charge in [-0.25, -0.2) is 14.2 Å². The van der Waals surface area contributed by atoms with Crippen molar-refractivity contribution in [3.05, 3.63) is 52.9 Å². The van der Waals surface area contributed by atoms with Gasteiger partial charge in [-0.1, -0.05) is 19.1 Å². The van der Waals surface area contributed by atoms with Gasteiger partial charge >= 0.3 is 6.09 Å². The van der Waals surface area contributed by atoms with Crippen molar-refractivity contribution < 1.29 is 18.7 Å². The van der Waals surface area contributed by atoms with Crippen LogP contribution in [0.4, 0.5) is 9.18 Å². The number of rotatable bonds is 8. The summed E-state index contributed by atoms with van der Waals surface area (Å²) < 4.78 is 21.3. The number of amides is 2. The fourth-order valence-electron chi connectivity index (χ4n) is 5.86. The highest BCUT2D eigenvalue weighted by molar-refractivity contribution is 5.76. The topological polar surface area (TPSA) is 79.7 Å². The van der Waals surface area contributed by atoms with Crippen LogP contribution in [0.25, 0.3) is 0 Å². The van der Waals surface area contributed by atoms with Gasteiger partial charge < -0.3 is 24.4 Å². The van der Waals surface area contributed by atoms with Crippen molar-refractivity contribution in [2.24, 2.45) is 0 Å². The van der Waals surface area contributed by atoms with Gasteiger partial charge in [0.15, 0.2) is 0 Å². The molecule has 37 heavy (non-hydrogen) atoms. The second-order valence-corrected chi connectivity index (χ2v) is 10.3. The number of methoxy groups -OCH3 is 1. The predicted molar refractivity (Wildman–Crippen MR) is 140 cm³/mol. The molecule has 0 aliphatic carbocycles. The van der Waals surface area contributed by atoms with Crippen LogP contribution in [0, 0.1) is 12.7 Å². The Morgan fingerprint density at radius 3 is 2.68 bits per heavy atom. The normalized spacial score (nSPS) is 18.2. The fourth-order valence-corrected chi connectivity index (χ4v) is 5.86. The van der Waals surface area contributed by atoms with Crippen molar-refractivity contribution in [3.8, 4) is 0 Å². The van der Waals surface area contributed by atoms with Crippen molar-refractivity contribution in [3.63, 3.8) is 0 Å². The largest absolute Gasteiger partial charge is 0.453 e. The Bertz CT molecular complexity index is 1100. The molecular weight excluding hydrogens is 473 g/mol. The molecule has 0 bridgehead atoms. The Morgan fingerprint density at radius 2 is 2.00 bits per heavy atom. The Balaban J connectivity index is 1.41. The minimum Gasteiger partial charge on any atom is -0.453 e. The SMILES string of the molecule is CCCC(=O)N[C@@H](CC(C)N1CCC(n2c(C)nc3c2CN(C(=O)OC)CC3)CC1)c1cccc(F)c1. The van der Waals surface area contributed by atoms with Crippen molar-refractivity contribution >= 4 is 12.0 Å². The first-order valence-corrected chi connectivity index (χ1v) is 13.5. The molecule has 2 aromatic rings. The number of fused-ring (bicyclic) bond motifs is 1. The van der Waals surface area contributed by atoms with E-state index in [4.69, 9.17) is 9.72 Å². The summed E-state index contributed by atoms with van der Waals surface area (Å²) in [6, 6.07) is 6.89. The van der Waals surface area contributed by atoms with Crippen molar-refractivity contribution in [1.29, 1.82) is 0 Å². The molecule has 3 heterocycles. The Morgan fingerprint density at radius 1 is 1.24 bits per heavy atom. The number of halogens is 1. The lowest BCUT2D eigenvalue weighted by molar-refractivity contribution is -0.122. The molecule has 1 saturated heterocycles. The minimum atomic E-state index is -0.293. The molecule has 8 nitrogen and oxygen atoms in total. The molecule has 4 rings (SSSR count). The van der Waals surface area contributed by atoms with E-state index < -0.39 is 0 Å². The summed E-state index contributed by atoms with van der Waals surface area (Å²) in [7, 11) is 1.42. The predicted octanol–water partition coefficient (Wildman–Crippen LogP) is 4.53. The Labute approximate surface area is 219 Å². The number of carbonyl (C=O) groups is 2. The number of likely N-dealkylation sites (tertiary alicyclic amines) is 1. The number of imidazole rings is 1. The number of aryl methyl sites for hydroxylation is 1. The molecule has 1 N–H and O–H groups in total. The van der Waals surface area contributed by atoms with Gasteiger partial charge in [0.25, 0.3) is 0 Å². The summed E-state index contributed by atoms with van der Waals surface area (Å²) in [5.74, 6) is 0.725. The molecule has 2 atom stereocenters. The number of hydrogen-bond acceptors (Lipinski definition) is 5. The van der Waals surface area contributed by atoms with Crippen LogP contribution in [0.15, 0.2) is 24.3 Å². The summed E-state index contributed by atoms with van der Waals surface area (Å²) in [5.41, 5.74) is 3.03. The number of hydrogen-bond donors (Lipinski definition) is 1. The number of nitrogens with one attached hydrogen (secondary N) is 1. The summed E-state index contributed by atoms with van der Waals surface area (Å²) >= 11 is 0. The van der Waals surface area contributed by atoms with Crippen molar-refractivity contribution in [2.75, 3.05) is 26.7 Å². The monoisotopic (exact) mass is 513 g/mol. The maximum absolute atomic E-state index is 14.0. The lowest BCUT2D eigenvalue weighted by atomic mass is 9.96. The molecule has 9 heteroatoms. The van der Waals surface area contributed by atoms with Gasteiger partial charge in [0.1, 0.15) is 11.6 Å². The van der Waals surface area contributed by atoms with Gasteiger partial charge in [0.05, 0.1) is 31.1 Å². The van der Waals surface area contributed by atoms with Crippen LogP contribution in [-0.2, 0) is 22.5 Å². The van der Waals surface area contributed by atoms with Crippen LogP contribution >= 0.6 is 0 Å². The Hall–Kier alpha value is -2.94. The number of carbonyl (C=O) groups excluding carboxylic acids is 2. The third-order valence-corrected chi connectivity index (χ3v) is 7.79. The van der Waals surface area contributed by atoms with Gasteiger partial charge in [-0.15, -0.1) is 0 Å². The Kier molecular flexibility index (Phi) is 8.84. The fraction of sp³-hybridized carbons (Fsp3) is 0.607. The van der Waals surface area contributed by atoms with E-state index >= 15 is 0 Å². The summed E-state index contributed by atoms with van der Waals surface area (Å²) in [6.45, 7) is 9.25. The highest BCUT2D eigenvalue weighted by Crippen LogP contribution is 2.32. The van der Waals surface area contributed by atoms with Gasteiger partial charge in [-0.05, 0) is 57.2 Å². The van der Waals surface area contributed by atoms with E-state index in [2.05, 4.69) is 28.6 Å². The molecule has 202 valence electrons. The van der Waals surface area contributed by atoms with Crippen LogP contribution in [-0.4, -0.2) is 64.1 Å². The second-order valence-electron chi connectivity index (χ2n) is 10.3. The first kappa shape index (κ1) is 27.1. The van der Waals surface area contributed by atoms with Gasteiger partial charge in [-0.2, -0.15) is 0 Å². The lowest BCUT2D eigenvalue weighted by Crippen LogP contribution is -2.43. The average molecular weight is 514 g/mol. The highest BCUT2D eigenvalue weighted by atomic mass is 19.1. The van der Waals surface area contributed by atoms with Crippen LogP contribution < -0.4 is 5.32 Å². The zero-order chi connectivity index (χ0) is 26.5. The molecular formula is C28H40FN5O3. The van der Waals surface area contributed by atoms with E-state index in [1.54, 1.807) is 11.0 Å². The highest BCUT2D eigenvalue weighted by Gasteiger charge is 2.32. The van der Waals surface area contributed by atoms with Crippen molar-refractivity contribution in [1.82, 2.24) is 24.7 Å². The van der Waals surface area contributed by atoms with Gasteiger partial charge in [0, 0.05) is 44.6 Å². The molecule has 1 unspecified atom stereocenters. The minimum absolute atomic E-state index is 0.00373. The molecule has 1 fully saturated rings. The van der Waals surface area contributed by atoms with E-state index in [-0.39, 0.29) is 29.9 Å². The standard InChI is InChI=1S/C28H40FN5O3/c1-5-7-27(35)31-25(21-8-6-9-22(29)17-21)16-19(2)32-13-10-23(11-14-32)34-20(3)30-24-12-15-33(18-26(24)34)28(36)37-4/h6,8-9,17,19,23,25H,5,7,10-16,18H2,1-4H3,(H,31,35)/t19?,25-/m0/s1. The molecule has 0 radical (unpaired) electrons. The molecule has 0 spiro atoms. The number of piperidine rings is 1. The van der Waals surface area contributed by atoms with Crippen molar-refractivity contribution in [2.45, 2.75) is 84.0 Å². The smallest absolute Gasteiger partial charge is 0.409 e.